The summed E-state index contributed by atoms with van der Waals surface area (Å²) in [6, 6.07) is 5.33. The molecule has 2 rings (SSSR count). The van der Waals surface area contributed by atoms with Crippen LogP contribution >= 0.6 is 35.0 Å². The van der Waals surface area contributed by atoms with Crippen molar-refractivity contribution in [2.45, 2.75) is 44.4 Å². The van der Waals surface area contributed by atoms with Crippen LogP contribution < -0.4 is 4.74 Å². The molecule has 0 amide bonds. The Bertz CT molecular complexity index is 593. The van der Waals surface area contributed by atoms with Crippen molar-refractivity contribution in [3.63, 3.8) is 0 Å². The zero-order valence-corrected chi connectivity index (χ0v) is 16.3. The van der Waals surface area contributed by atoms with Crippen LogP contribution in [0.15, 0.2) is 36.9 Å². The molecule has 0 spiro atoms. The molecule has 132 valence electrons. The monoisotopic (exact) mass is 386 g/mol. The van der Waals surface area contributed by atoms with Gasteiger partial charge in [0.25, 0.3) is 0 Å². The summed E-state index contributed by atoms with van der Waals surface area (Å²) in [5.41, 5.74) is 0. The number of ether oxygens (including phenoxy) is 1. The second kappa shape index (κ2) is 10.9. The number of thioether (sulfide) groups is 1. The van der Waals surface area contributed by atoms with Crippen LogP contribution in [-0.4, -0.2) is 27.2 Å². The van der Waals surface area contributed by atoms with Gasteiger partial charge in [0.05, 0.1) is 16.6 Å². The standard InChI is InChI=1S/C18H24Cl2N2OS/c1-2-3-4-5-10-24-16(12-22-9-8-21-14-22)13-23-18-7-6-15(19)11-17(18)20/h6-9,11,14,16H,2-5,10,12-13H2,1H3. The molecular formula is C18H24Cl2N2OS. The van der Waals surface area contributed by atoms with Crippen LogP contribution in [0.25, 0.3) is 0 Å². The molecule has 0 N–H and O–H groups in total. The lowest BCUT2D eigenvalue weighted by atomic mass is 10.2. The molecule has 0 radical (unpaired) electrons. The molecule has 0 aliphatic heterocycles. The van der Waals surface area contributed by atoms with Gasteiger partial charge in [0.15, 0.2) is 0 Å². The number of imidazole rings is 1. The Balaban J connectivity index is 1.86. The predicted molar refractivity (Wildman–Crippen MR) is 105 cm³/mol. The number of unbranched alkanes of at least 4 members (excludes halogenated alkanes) is 3. The molecule has 2 aromatic rings. The van der Waals surface area contributed by atoms with Gasteiger partial charge in [0.1, 0.15) is 12.4 Å². The third-order valence-electron chi connectivity index (χ3n) is 3.64. The van der Waals surface area contributed by atoms with E-state index >= 15 is 0 Å². The lowest BCUT2D eigenvalue weighted by molar-refractivity contribution is 0.308. The highest BCUT2D eigenvalue weighted by Crippen LogP contribution is 2.28. The fourth-order valence-electron chi connectivity index (χ4n) is 2.34. The minimum atomic E-state index is 0.354. The van der Waals surface area contributed by atoms with Crippen LogP contribution in [-0.2, 0) is 6.54 Å². The van der Waals surface area contributed by atoms with Gasteiger partial charge in [0, 0.05) is 24.0 Å². The van der Waals surface area contributed by atoms with Crippen molar-refractivity contribution in [2.75, 3.05) is 12.4 Å². The van der Waals surface area contributed by atoms with E-state index in [0.717, 1.165) is 12.3 Å². The summed E-state index contributed by atoms with van der Waals surface area (Å²) in [5.74, 6) is 1.83. The van der Waals surface area contributed by atoms with Gasteiger partial charge in [0.2, 0.25) is 0 Å². The molecule has 0 fully saturated rings. The largest absolute Gasteiger partial charge is 0.491 e. The zero-order chi connectivity index (χ0) is 17.2. The third kappa shape index (κ3) is 6.96. The highest BCUT2D eigenvalue weighted by molar-refractivity contribution is 7.99. The number of halogens is 2. The number of aromatic nitrogens is 2. The normalized spacial score (nSPS) is 12.3. The van der Waals surface area contributed by atoms with Crippen molar-refractivity contribution < 1.29 is 4.74 Å². The summed E-state index contributed by atoms with van der Waals surface area (Å²) in [6.45, 7) is 3.72. The SMILES string of the molecule is CCCCCCSC(COc1ccc(Cl)cc1Cl)Cn1ccnc1. The second-order valence-corrected chi connectivity index (χ2v) is 7.95. The number of rotatable bonds is 11. The molecular weight excluding hydrogens is 363 g/mol. The Morgan fingerprint density at radius 1 is 1.25 bits per heavy atom. The van der Waals surface area contributed by atoms with E-state index in [0.29, 0.717) is 27.7 Å². The maximum absolute atomic E-state index is 6.19. The summed E-state index contributed by atoms with van der Waals surface area (Å²) in [6.07, 6.45) is 10.8. The Morgan fingerprint density at radius 3 is 2.83 bits per heavy atom. The van der Waals surface area contributed by atoms with Crippen molar-refractivity contribution in [3.05, 3.63) is 47.0 Å². The summed E-state index contributed by atoms with van der Waals surface area (Å²) >= 11 is 14.1. The van der Waals surface area contributed by atoms with E-state index in [9.17, 15) is 0 Å². The number of benzene rings is 1. The minimum Gasteiger partial charge on any atom is -0.491 e. The van der Waals surface area contributed by atoms with Gasteiger partial charge >= 0.3 is 0 Å². The Morgan fingerprint density at radius 2 is 2.12 bits per heavy atom. The molecule has 0 saturated carbocycles. The average molecular weight is 387 g/mol. The quantitative estimate of drug-likeness (QED) is 0.446. The average Bonchev–Trinajstić information content (AvgIpc) is 3.06. The van der Waals surface area contributed by atoms with Gasteiger partial charge in [-0.25, -0.2) is 4.98 Å². The molecule has 1 aromatic carbocycles. The van der Waals surface area contributed by atoms with Crippen LogP contribution in [0.4, 0.5) is 0 Å². The number of hydrogen-bond acceptors (Lipinski definition) is 3. The van der Waals surface area contributed by atoms with E-state index in [1.54, 1.807) is 18.3 Å². The predicted octanol–water partition coefficient (Wildman–Crippen LogP) is 5.95. The lowest BCUT2D eigenvalue weighted by Crippen LogP contribution is -2.21. The molecule has 0 aliphatic rings. The van der Waals surface area contributed by atoms with Crippen LogP contribution in [0.5, 0.6) is 5.75 Å². The van der Waals surface area contributed by atoms with Crippen LogP contribution in [0, 0.1) is 0 Å². The summed E-state index contributed by atoms with van der Waals surface area (Å²) < 4.78 is 8.03. The van der Waals surface area contributed by atoms with Crippen LogP contribution in [0.2, 0.25) is 10.0 Å². The summed E-state index contributed by atoms with van der Waals surface area (Å²) in [5, 5.41) is 1.53. The Hall–Kier alpha value is -0.840. The lowest BCUT2D eigenvalue weighted by Gasteiger charge is -2.18. The van der Waals surface area contributed by atoms with Crippen molar-refractivity contribution in [2.24, 2.45) is 0 Å². The van der Waals surface area contributed by atoms with E-state index in [-0.39, 0.29) is 0 Å². The first-order valence-electron chi connectivity index (χ1n) is 8.34. The van der Waals surface area contributed by atoms with E-state index in [4.69, 9.17) is 27.9 Å². The van der Waals surface area contributed by atoms with Crippen LogP contribution in [0.3, 0.4) is 0 Å². The Kier molecular flexibility index (Phi) is 8.86. The molecule has 0 bridgehead atoms. The fourth-order valence-corrected chi connectivity index (χ4v) is 3.95. The highest BCUT2D eigenvalue weighted by Gasteiger charge is 2.13. The summed E-state index contributed by atoms with van der Waals surface area (Å²) in [7, 11) is 0. The van der Waals surface area contributed by atoms with E-state index < -0.39 is 0 Å². The van der Waals surface area contributed by atoms with Crippen molar-refractivity contribution >= 4 is 35.0 Å². The molecule has 1 aromatic heterocycles. The molecule has 1 heterocycles. The van der Waals surface area contributed by atoms with Gasteiger partial charge in [-0.1, -0.05) is 49.4 Å². The first-order valence-corrected chi connectivity index (χ1v) is 10.1. The van der Waals surface area contributed by atoms with Crippen molar-refractivity contribution in [3.8, 4) is 5.75 Å². The Labute approximate surface area is 158 Å². The maximum Gasteiger partial charge on any atom is 0.138 e. The van der Waals surface area contributed by atoms with Gasteiger partial charge in [-0.3, -0.25) is 0 Å². The molecule has 0 saturated heterocycles. The van der Waals surface area contributed by atoms with Gasteiger partial charge in [-0.15, -0.1) is 0 Å². The molecule has 1 atom stereocenters. The van der Waals surface area contributed by atoms with Gasteiger partial charge in [-0.2, -0.15) is 11.8 Å². The molecule has 0 aliphatic carbocycles. The first kappa shape index (κ1) is 19.5. The van der Waals surface area contributed by atoms with E-state index in [1.807, 2.05) is 30.4 Å². The molecule has 6 heteroatoms. The molecule has 3 nitrogen and oxygen atoms in total. The number of hydrogen-bond donors (Lipinski definition) is 0. The van der Waals surface area contributed by atoms with E-state index in [1.165, 1.54) is 25.7 Å². The van der Waals surface area contributed by atoms with Crippen LogP contribution in [0.1, 0.15) is 32.6 Å². The van der Waals surface area contributed by atoms with Gasteiger partial charge < -0.3 is 9.30 Å². The summed E-state index contributed by atoms with van der Waals surface area (Å²) in [4.78, 5) is 4.12. The smallest absolute Gasteiger partial charge is 0.138 e. The molecule has 24 heavy (non-hydrogen) atoms. The third-order valence-corrected chi connectivity index (χ3v) is 5.46. The topological polar surface area (TPSA) is 27.1 Å². The van der Waals surface area contributed by atoms with Crippen molar-refractivity contribution in [1.82, 2.24) is 9.55 Å². The maximum atomic E-state index is 6.19. The molecule has 1 unspecified atom stereocenters. The second-order valence-electron chi connectivity index (χ2n) is 5.70. The van der Waals surface area contributed by atoms with Crippen molar-refractivity contribution in [1.29, 1.82) is 0 Å². The first-order chi connectivity index (χ1) is 11.7. The fraction of sp³-hybridized carbons (Fsp3) is 0.500. The zero-order valence-electron chi connectivity index (χ0n) is 14.0. The van der Waals surface area contributed by atoms with Gasteiger partial charge in [-0.05, 0) is 30.4 Å². The van der Waals surface area contributed by atoms with E-state index in [2.05, 4.69) is 16.5 Å². The highest BCUT2D eigenvalue weighted by atomic mass is 35.5. The number of nitrogens with zero attached hydrogens (tertiary/aromatic N) is 2. The minimum absolute atomic E-state index is 0.354.